The summed E-state index contributed by atoms with van der Waals surface area (Å²) in [4.78, 5) is 0. The molecule has 0 bridgehead atoms. The summed E-state index contributed by atoms with van der Waals surface area (Å²) in [6.07, 6.45) is 0. The first-order valence-corrected chi connectivity index (χ1v) is 5.15. The summed E-state index contributed by atoms with van der Waals surface area (Å²) in [5.41, 5.74) is 0.884. The van der Waals surface area contributed by atoms with E-state index >= 15 is 0 Å². The van der Waals surface area contributed by atoms with Crippen LogP contribution in [-0.2, 0) is 10.3 Å². The van der Waals surface area contributed by atoms with Crippen LogP contribution in [0.4, 0.5) is 0 Å². The molecular weight excluding hydrogens is 192 g/mol. The molecule has 15 heavy (non-hydrogen) atoms. The highest BCUT2D eigenvalue weighted by molar-refractivity contribution is 5.50. The summed E-state index contributed by atoms with van der Waals surface area (Å²) in [5.74, 6) is 1.58. The van der Waals surface area contributed by atoms with Gasteiger partial charge in [0.2, 0.25) is 0 Å². The van der Waals surface area contributed by atoms with Crippen molar-refractivity contribution in [3.63, 3.8) is 0 Å². The Morgan fingerprint density at radius 2 is 2.20 bits per heavy atom. The van der Waals surface area contributed by atoms with Crippen molar-refractivity contribution in [3.8, 4) is 11.5 Å². The fourth-order valence-electron chi connectivity index (χ4n) is 1.68. The van der Waals surface area contributed by atoms with Gasteiger partial charge in [0, 0.05) is 5.56 Å². The maximum Gasteiger partial charge on any atom is 0.166 e. The van der Waals surface area contributed by atoms with E-state index in [9.17, 15) is 0 Å². The monoisotopic (exact) mass is 208 g/mol. The molecule has 1 unspecified atom stereocenters. The lowest BCUT2D eigenvalue weighted by atomic mass is 10.0. The summed E-state index contributed by atoms with van der Waals surface area (Å²) in [5, 5.41) is 0. The summed E-state index contributed by atoms with van der Waals surface area (Å²) >= 11 is 0. The number of hydrogen-bond acceptors (Lipinski definition) is 3. The van der Waals surface area contributed by atoms with Gasteiger partial charge in [0.25, 0.3) is 0 Å². The molecule has 1 saturated heterocycles. The average molecular weight is 208 g/mol. The third kappa shape index (κ3) is 1.79. The number of hydrogen-bond donors (Lipinski definition) is 0. The molecule has 3 heteroatoms. The first-order valence-electron chi connectivity index (χ1n) is 5.15. The molecule has 0 saturated carbocycles. The fraction of sp³-hybridized carbons (Fsp3) is 0.500. The van der Waals surface area contributed by atoms with Crippen molar-refractivity contribution in [2.75, 3.05) is 20.3 Å². The number of para-hydroxylation sites is 1. The molecule has 1 aliphatic rings. The minimum absolute atomic E-state index is 0.182. The van der Waals surface area contributed by atoms with Crippen LogP contribution in [0, 0.1) is 0 Å². The van der Waals surface area contributed by atoms with Crippen LogP contribution in [0.1, 0.15) is 19.4 Å². The molecule has 3 nitrogen and oxygen atoms in total. The number of rotatable bonds is 4. The zero-order valence-corrected chi connectivity index (χ0v) is 9.37. The van der Waals surface area contributed by atoms with Gasteiger partial charge < -0.3 is 14.2 Å². The predicted molar refractivity (Wildman–Crippen MR) is 57.5 cm³/mol. The van der Waals surface area contributed by atoms with Crippen LogP contribution >= 0.6 is 0 Å². The van der Waals surface area contributed by atoms with Gasteiger partial charge in [-0.25, -0.2) is 0 Å². The Morgan fingerprint density at radius 1 is 1.47 bits per heavy atom. The number of epoxide rings is 1. The molecule has 0 aliphatic carbocycles. The van der Waals surface area contributed by atoms with Gasteiger partial charge in [-0.3, -0.25) is 0 Å². The van der Waals surface area contributed by atoms with Crippen LogP contribution in [0.2, 0.25) is 0 Å². The van der Waals surface area contributed by atoms with E-state index < -0.39 is 0 Å². The zero-order valence-electron chi connectivity index (χ0n) is 9.37. The van der Waals surface area contributed by atoms with Crippen molar-refractivity contribution in [1.82, 2.24) is 0 Å². The van der Waals surface area contributed by atoms with Crippen molar-refractivity contribution in [1.29, 1.82) is 0 Å². The van der Waals surface area contributed by atoms with E-state index in [1.165, 1.54) is 0 Å². The van der Waals surface area contributed by atoms with Crippen LogP contribution in [0.3, 0.4) is 0 Å². The molecule has 0 radical (unpaired) electrons. The van der Waals surface area contributed by atoms with Crippen LogP contribution in [0.25, 0.3) is 0 Å². The highest BCUT2D eigenvalue weighted by Gasteiger charge is 2.44. The Labute approximate surface area is 90.0 Å². The van der Waals surface area contributed by atoms with E-state index in [0.717, 1.165) is 23.7 Å². The maximum absolute atomic E-state index is 5.51. The van der Waals surface area contributed by atoms with Gasteiger partial charge in [-0.2, -0.15) is 0 Å². The topological polar surface area (TPSA) is 31.0 Å². The van der Waals surface area contributed by atoms with E-state index in [4.69, 9.17) is 14.2 Å². The molecule has 0 N–H and O–H groups in total. The van der Waals surface area contributed by atoms with Crippen molar-refractivity contribution < 1.29 is 14.2 Å². The molecule has 0 amide bonds. The van der Waals surface area contributed by atoms with Crippen molar-refractivity contribution in [3.05, 3.63) is 23.8 Å². The van der Waals surface area contributed by atoms with Gasteiger partial charge in [0.15, 0.2) is 11.5 Å². The second-order valence-corrected chi connectivity index (χ2v) is 3.79. The molecule has 1 aromatic carbocycles. The Balaban J connectivity index is 2.41. The van der Waals surface area contributed by atoms with Crippen molar-refractivity contribution in [2.24, 2.45) is 0 Å². The first-order chi connectivity index (χ1) is 7.21. The van der Waals surface area contributed by atoms with E-state index in [0.29, 0.717) is 6.61 Å². The van der Waals surface area contributed by atoms with Crippen LogP contribution in [0.5, 0.6) is 11.5 Å². The quantitative estimate of drug-likeness (QED) is 0.711. The molecule has 0 spiro atoms. The fourth-order valence-corrected chi connectivity index (χ4v) is 1.68. The van der Waals surface area contributed by atoms with Gasteiger partial charge in [-0.05, 0) is 19.9 Å². The molecule has 1 fully saturated rings. The lowest BCUT2D eigenvalue weighted by Gasteiger charge is -2.15. The lowest BCUT2D eigenvalue weighted by Crippen LogP contribution is -2.06. The average Bonchev–Trinajstić information content (AvgIpc) is 2.98. The predicted octanol–water partition coefficient (Wildman–Crippen LogP) is 2.34. The van der Waals surface area contributed by atoms with E-state index in [-0.39, 0.29) is 5.60 Å². The summed E-state index contributed by atoms with van der Waals surface area (Å²) in [6.45, 7) is 5.40. The van der Waals surface area contributed by atoms with Gasteiger partial charge in [0.05, 0.1) is 20.3 Å². The number of ether oxygens (including phenoxy) is 3. The molecule has 2 rings (SSSR count). The van der Waals surface area contributed by atoms with Gasteiger partial charge in [0.1, 0.15) is 5.60 Å². The Morgan fingerprint density at radius 3 is 2.73 bits per heavy atom. The number of methoxy groups -OCH3 is 1. The normalized spacial score (nSPS) is 23.7. The highest BCUT2D eigenvalue weighted by atomic mass is 16.6. The third-order valence-electron chi connectivity index (χ3n) is 2.63. The van der Waals surface area contributed by atoms with Crippen LogP contribution in [-0.4, -0.2) is 20.3 Å². The van der Waals surface area contributed by atoms with Crippen LogP contribution < -0.4 is 9.47 Å². The summed E-state index contributed by atoms with van der Waals surface area (Å²) in [7, 11) is 1.66. The third-order valence-corrected chi connectivity index (χ3v) is 2.63. The maximum atomic E-state index is 5.51. The zero-order chi connectivity index (χ0) is 10.9. The second-order valence-electron chi connectivity index (χ2n) is 3.79. The Bertz CT molecular complexity index is 356. The van der Waals surface area contributed by atoms with E-state index in [1.54, 1.807) is 7.11 Å². The minimum Gasteiger partial charge on any atom is -0.492 e. The van der Waals surface area contributed by atoms with E-state index in [1.807, 2.05) is 25.1 Å². The molecule has 1 aliphatic heterocycles. The smallest absolute Gasteiger partial charge is 0.166 e. The molecule has 1 atom stereocenters. The van der Waals surface area contributed by atoms with Gasteiger partial charge >= 0.3 is 0 Å². The lowest BCUT2D eigenvalue weighted by molar-refractivity contribution is 0.291. The van der Waals surface area contributed by atoms with Crippen molar-refractivity contribution in [2.45, 2.75) is 19.4 Å². The Kier molecular flexibility index (Phi) is 2.57. The molecule has 1 heterocycles. The molecule has 0 aromatic heterocycles. The largest absolute Gasteiger partial charge is 0.492 e. The van der Waals surface area contributed by atoms with E-state index in [2.05, 4.69) is 6.92 Å². The standard InChI is InChI=1S/C12H16O3/c1-4-14-10-7-5-6-9(11(10)13-3)12(2)8-15-12/h5-7H,4,8H2,1-3H3. The first kappa shape index (κ1) is 10.3. The summed E-state index contributed by atoms with van der Waals surface area (Å²) in [6, 6.07) is 5.90. The molecular formula is C12H16O3. The Hall–Kier alpha value is -1.22. The van der Waals surface area contributed by atoms with Gasteiger partial charge in [-0.15, -0.1) is 0 Å². The SMILES string of the molecule is CCOc1cccc(C2(C)CO2)c1OC. The highest BCUT2D eigenvalue weighted by Crippen LogP contribution is 2.45. The van der Waals surface area contributed by atoms with Crippen molar-refractivity contribution >= 4 is 0 Å². The second kappa shape index (κ2) is 3.74. The van der Waals surface area contributed by atoms with Gasteiger partial charge in [-0.1, -0.05) is 12.1 Å². The minimum atomic E-state index is -0.182. The molecule has 1 aromatic rings. The molecule has 82 valence electrons. The van der Waals surface area contributed by atoms with Crippen LogP contribution in [0.15, 0.2) is 18.2 Å². The number of benzene rings is 1. The summed E-state index contributed by atoms with van der Waals surface area (Å²) < 4.78 is 16.3.